The van der Waals surface area contributed by atoms with Crippen molar-refractivity contribution in [2.24, 2.45) is 0 Å². The molecule has 15 nitrogen and oxygen atoms in total. The van der Waals surface area contributed by atoms with Crippen molar-refractivity contribution in [3.8, 4) is 0 Å². The summed E-state index contributed by atoms with van der Waals surface area (Å²) in [5.74, 6) is -0.707. The van der Waals surface area contributed by atoms with Crippen LogP contribution in [0.3, 0.4) is 0 Å². The fourth-order valence-corrected chi connectivity index (χ4v) is 16.9. The summed E-state index contributed by atoms with van der Waals surface area (Å²) in [6, 6.07) is 0. The summed E-state index contributed by atoms with van der Waals surface area (Å²) in [6.45, 7) is 15.7. The van der Waals surface area contributed by atoms with Crippen LogP contribution in [0.25, 0.3) is 0 Å². The fraction of sp³-hybridized carbons (Fsp3) is 1.00. The molecule has 0 amide bonds. The van der Waals surface area contributed by atoms with Gasteiger partial charge < -0.3 is 28.4 Å². The van der Waals surface area contributed by atoms with Crippen LogP contribution in [0, 0.1) is 0 Å². The maximum atomic E-state index is 5.91. The molecule has 6 fully saturated rings. The predicted molar refractivity (Wildman–Crippen MR) is 168 cm³/mol. The molecule has 0 bridgehead atoms. The van der Waals surface area contributed by atoms with E-state index in [0.717, 1.165) is 131 Å². The van der Waals surface area contributed by atoms with Crippen LogP contribution < -0.4 is 25.7 Å². The Kier molecular flexibility index (Phi) is 12.4. The third kappa shape index (κ3) is 7.62. The molecular formula is C24H53N9O6P3+3. The van der Waals surface area contributed by atoms with Gasteiger partial charge >= 0.3 is 15.7 Å². The fourth-order valence-electron chi connectivity index (χ4n) is 6.34. The predicted octanol–water partition coefficient (Wildman–Crippen LogP) is -0.994. The molecule has 1 spiro atoms. The maximum Gasteiger partial charge on any atom is 0.346 e. The van der Waals surface area contributed by atoms with Crippen molar-refractivity contribution in [2.45, 2.75) is 12.3 Å². The van der Waals surface area contributed by atoms with Crippen molar-refractivity contribution >= 4 is 24.3 Å². The summed E-state index contributed by atoms with van der Waals surface area (Å²) < 4.78 is 46.1. The number of morpholine rings is 4. The second-order valence-corrected chi connectivity index (χ2v) is 18.4. The number of ether oxygens (including phenoxy) is 6. The van der Waals surface area contributed by atoms with Gasteiger partial charge in [0, 0.05) is 26.6 Å². The maximum absolute atomic E-state index is 5.91. The van der Waals surface area contributed by atoms with E-state index in [1.807, 2.05) is 0 Å². The molecule has 6 saturated heterocycles. The first kappa shape index (κ1) is 32.6. The molecule has 18 heteroatoms. The molecule has 1 atom stereocenters. The van der Waals surface area contributed by atoms with Crippen LogP contribution in [0.15, 0.2) is 0 Å². The van der Waals surface area contributed by atoms with Gasteiger partial charge in [0.2, 0.25) is 0 Å². The van der Waals surface area contributed by atoms with Crippen molar-refractivity contribution in [3.05, 3.63) is 0 Å². The standard InChI is InChI=1S/C24H52N9O6P3/c1-2-25-24(26-22-40-23-39-21-20-34-11-1)27-41(30-3-12-35-13-4-30,31-5-14-36-15-6-31)29-42(28-24,32-7-16-37-17-8-32)33-9-18-38-19-10-33/h25-29,40H,1-23H2/q+2/p+1. The zero-order valence-corrected chi connectivity index (χ0v) is 27.9. The smallest absolute Gasteiger partial charge is 0.346 e. The van der Waals surface area contributed by atoms with Crippen LogP contribution in [0.2, 0.25) is 0 Å². The molecule has 0 radical (unpaired) electrons. The Morgan fingerprint density at radius 3 is 1.40 bits per heavy atom. The molecule has 0 aromatic heterocycles. The van der Waals surface area contributed by atoms with Gasteiger partial charge in [-0.25, -0.2) is 5.32 Å². The van der Waals surface area contributed by atoms with Crippen LogP contribution in [-0.4, -0.2) is 169 Å². The molecule has 6 rings (SSSR count). The van der Waals surface area contributed by atoms with E-state index >= 15 is 0 Å². The van der Waals surface area contributed by atoms with Gasteiger partial charge in [0.1, 0.15) is 6.29 Å². The molecular weight excluding hydrogens is 603 g/mol. The first-order valence-corrected chi connectivity index (χ1v) is 20.7. The van der Waals surface area contributed by atoms with E-state index in [0.29, 0.717) is 19.8 Å². The highest BCUT2D eigenvalue weighted by Crippen LogP contribution is 2.74. The van der Waals surface area contributed by atoms with Gasteiger partial charge in [-0.05, 0) is 6.42 Å². The van der Waals surface area contributed by atoms with Crippen molar-refractivity contribution < 1.29 is 28.4 Å². The topological polar surface area (TPSA) is 128 Å². The second kappa shape index (κ2) is 16.0. The average Bonchev–Trinajstić information content (AvgIpc) is 3.08. The van der Waals surface area contributed by atoms with E-state index in [9.17, 15) is 0 Å². The van der Waals surface area contributed by atoms with Gasteiger partial charge in [0.05, 0.1) is 118 Å². The molecule has 5 N–H and O–H groups in total. The van der Waals surface area contributed by atoms with Gasteiger partial charge in [-0.1, -0.05) is 10.2 Å². The third-order valence-electron chi connectivity index (χ3n) is 8.49. The minimum absolute atomic E-state index is 0.0624. The Hall–Kier alpha value is 0.690. The molecule has 242 valence electrons. The number of rotatable bonds is 4. The van der Waals surface area contributed by atoms with Crippen molar-refractivity contribution in [1.82, 2.24) is 44.3 Å². The van der Waals surface area contributed by atoms with Gasteiger partial charge in [-0.3, -0.25) is 5.32 Å². The Morgan fingerprint density at radius 2 is 0.929 bits per heavy atom. The summed E-state index contributed by atoms with van der Waals surface area (Å²) in [4.78, 5) is 4.49. The minimum atomic E-state index is -2.37. The van der Waals surface area contributed by atoms with E-state index in [2.05, 4.69) is 44.3 Å². The summed E-state index contributed by atoms with van der Waals surface area (Å²) in [7, 11) is -4.67. The van der Waals surface area contributed by atoms with Crippen LogP contribution in [0.4, 0.5) is 0 Å². The molecule has 0 aromatic carbocycles. The van der Waals surface area contributed by atoms with Crippen LogP contribution in [0.1, 0.15) is 6.42 Å². The zero-order valence-electron chi connectivity index (χ0n) is 25.0. The summed E-state index contributed by atoms with van der Waals surface area (Å²) in [5, 5.41) is 16.5. The van der Waals surface area contributed by atoms with Crippen LogP contribution in [0.5, 0.6) is 0 Å². The number of nitrogens with zero attached hydrogens (tertiary/aromatic N) is 4. The molecule has 0 aliphatic carbocycles. The SMILES string of the molecule is C1CNC2(NC[PH2+]COCCOC1)N[P+](N1CCOCC1)(N1CCOCC1)N[P+](N1CCOCC1)(N1CCOCC1)N2. The molecule has 1 unspecified atom stereocenters. The summed E-state index contributed by atoms with van der Waals surface area (Å²) in [6.07, 6.45) is 2.58. The van der Waals surface area contributed by atoms with Crippen molar-refractivity contribution in [1.29, 1.82) is 0 Å². The van der Waals surface area contributed by atoms with Gasteiger partial charge in [-0.2, -0.15) is 0 Å². The third-order valence-corrected chi connectivity index (χ3v) is 17.9. The Morgan fingerprint density at radius 1 is 0.500 bits per heavy atom. The number of hydrogen-bond donors (Lipinski definition) is 5. The second-order valence-electron chi connectivity index (χ2n) is 11.2. The van der Waals surface area contributed by atoms with E-state index in [-0.39, 0.29) is 8.58 Å². The lowest BCUT2D eigenvalue weighted by Gasteiger charge is -2.56. The lowest BCUT2D eigenvalue weighted by molar-refractivity contribution is 0.0416. The molecule has 6 aliphatic rings. The van der Waals surface area contributed by atoms with Gasteiger partial charge in [-0.15, -0.1) is 18.7 Å². The highest BCUT2D eigenvalue weighted by Gasteiger charge is 2.75. The van der Waals surface area contributed by atoms with Crippen molar-refractivity contribution in [2.75, 3.05) is 144 Å². The molecule has 6 aliphatic heterocycles. The highest BCUT2D eigenvalue weighted by atomic mass is 31.3. The van der Waals surface area contributed by atoms with Gasteiger partial charge in [0.25, 0.3) is 5.91 Å². The number of nitrogens with one attached hydrogen (secondary N) is 5. The number of hydrogen-bond acceptors (Lipinski definition) is 15. The Labute approximate surface area is 253 Å². The summed E-state index contributed by atoms with van der Waals surface area (Å²) in [5.41, 5.74) is 0. The average molecular weight is 657 g/mol. The van der Waals surface area contributed by atoms with E-state index in [1.165, 1.54) is 0 Å². The first-order valence-electron chi connectivity index (χ1n) is 15.7. The van der Waals surface area contributed by atoms with Crippen LogP contribution in [-0.2, 0) is 28.4 Å². The zero-order chi connectivity index (χ0) is 28.6. The largest absolute Gasteiger partial charge is 0.379 e. The molecule has 6 heterocycles. The molecule has 0 saturated carbocycles. The minimum Gasteiger partial charge on any atom is -0.379 e. The van der Waals surface area contributed by atoms with Crippen LogP contribution >= 0.6 is 24.3 Å². The van der Waals surface area contributed by atoms with E-state index < -0.39 is 21.6 Å². The quantitative estimate of drug-likeness (QED) is 0.238. The Balaban J connectivity index is 1.44. The Bertz CT molecular complexity index is 721. The molecule has 42 heavy (non-hydrogen) atoms. The lowest BCUT2D eigenvalue weighted by Crippen LogP contribution is -2.82. The van der Waals surface area contributed by atoms with E-state index in [1.54, 1.807) is 0 Å². The summed E-state index contributed by atoms with van der Waals surface area (Å²) >= 11 is 0. The van der Waals surface area contributed by atoms with Crippen molar-refractivity contribution in [3.63, 3.8) is 0 Å². The van der Waals surface area contributed by atoms with E-state index in [4.69, 9.17) is 28.4 Å². The van der Waals surface area contributed by atoms with Gasteiger partial charge in [0.15, 0.2) is 6.35 Å². The first-order chi connectivity index (χ1) is 20.7. The molecule has 0 aromatic rings. The normalized spacial score (nSPS) is 32.6. The monoisotopic (exact) mass is 656 g/mol. The lowest BCUT2D eigenvalue weighted by atomic mass is 10.4. The highest BCUT2D eigenvalue weighted by molar-refractivity contribution is 7.83.